The van der Waals surface area contributed by atoms with Gasteiger partial charge in [0.15, 0.2) is 0 Å². The lowest BCUT2D eigenvalue weighted by molar-refractivity contribution is -0.122. The highest BCUT2D eigenvalue weighted by Crippen LogP contribution is 2.32. The average Bonchev–Trinajstić information content (AvgIpc) is 2.42. The summed E-state index contributed by atoms with van der Waals surface area (Å²) in [6.45, 7) is 5.33. The van der Waals surface area contributed by atoms with Gasteiger partial charge in [0, 0.05) is 24.3 Å². The Labute approximate surface area is 119 Å². The molecule has 1 amide bonds. The molecule has 1 aromatic rings. The molecule has 20 heavy (non-hydrogen) atoms. The van der Waals surface area contributed by atoms with Crippen LogP contribution in [-0.2, 0) is 4.79 Å². The molecule has 2 unspecified atom stereocenters. The minimum absolute atomic E-state index is 0.0840. The molecule has 0 aliphatic carbocycles. The lowest BCUT2D eigenvalue weighted by atomic mass is 9.92. The van der Waals surface area contributed by atoms with Crippen LogP contribution in [0, 0.1) is 5.92 Å². The SMILES string of the molecule is CCOc1cc(N2CC(C(N)=O)CCC2C)ccc1N. The summed E-state index contributed by atoms with van der Waals surface area (Å²) in [6, 6.07) is 6.14. The van der Waals surface area contributed by atoms with Crippen molar-refractivity contribution < 1.29 is 9.53 Å². The zero-order chi connectivity index (χ0) is 14.7. The normalized spacial score (nSPS) is 22.6. The molecule has 1 aliphatic rings. The maximum atomic E-state index is 11.4. The molecule has 5 heteroatoms. The van der Waals surface area contributed by atoms with Crippen LogP contribution in [0.15, 0.2) is 18.2 Å². The molecule has 1 fully saturated rings. The number of benzene rings is 1. The first-order valence-corrected chi connectivity index (χ1v) is 7.11. The molecule has 1 aliphatic heterocycles. The van der Waals surface area contributed by atoms with E-state index in [0.717, 1.165) is 18.5 Å². The number of ether oxygens (including phenoxy) is 1. The molecule has 0 saturated carbocycles. The fraction of sp³-hybridized carbons (Fsp3) is 0.533. The zero-order valence-electron chi connectivity index (χ0n) is 12.1. The zero-order valence-corrected chi connectivity index (χ0v) is 12.1. The summed E-state index contributed by atoms with van der Waals surface area (Å²) in [6.07, 6.45) is 1.82. The van der Waals surface area contributed by atoms with Crippen LogP contribution < -0.4 is 21.1 Å². The molecule has 4 N–H and O–H groups in total. The van der Waals surface area contributed by atoms with Crippen molar-refractivity contribution in [2.75, 3.05) is 23.8 Å². The predicted octanol–water partition coefficient (Wildman–Crippen LogP) is 1.76. The molecule has 0 radical (unpaired) electrons. The Morgan fingerprint density at radius 1 is 1.45 bits per heavy atom. The second kappa shape index (κ2) is 6.03. The number of primary amides is 1. The third kappa shape index (κ3) is 2.98. The van der Waals surface area contributed by atoms with Crippen LogP contribution in [0.3, 0.4) is 0 Å². The summed E-state index contributed by atoms with van der Waals surface area (Å²) in [5, 5.41) is 0. The van der Waals surface area contributed by atoms with Gasteiger partial charge in [-0.25, -0.2) is 0 Å². The topological polar surface area (TPSA) is 81.6 Å². The van der Waals surface area contributed by atoms with Gasteiger partial charge in [0.05, 0.1) is 18.2 Å². The van der Waals surface area contributed by atoms with Crippen LogP contribution in [0.2, 0.25) is 0 Å². The van der Waals surface area contributed by atoms with Gasteiger partial charge in [0.1, 0.15) is 5.75 Å². The molecule has 110 valence electrons. The van der Waals surface area contributed by atoms with Crippen LogP contribution in [-0.4, -0.2) is 25.1 Å². The first-order chi connectivity index (χ1) is 9.52. The molecule has 2 rings (SSSR count). The Morgan fingerprint density at radius 2 is 2.20 bits per heavy atom. The van der Waals surface area contributed by atoms with E-state index in [1.54, 1.807) is 0 Å². The largest absolute Gasteiger partial charge is 0.492 e. The number of amides is 1. The van der Waals surface area contributed by atoms with Crippen LogP contribution in [0.4, 0.5) is 11.4 Å². The summed E-state index contributed by atoms with van der Waals surface area (Å²) in [4.78, 5) is 13.6. The Kier molecular flexibility index (Phi) is 4.37. The van der Waals surface area contributed by atoms with Gasteiger partial charge in [0.25, 0.3) is 0 Å². The fourth-order valence-electron chi connectivity index (χ4n) is 2.68. The van der Waals surface area contributed by atoms with E-state index in [9.17, 15) is 4.79 Å². The minimum Gasteiger partial charge on any atom is -0.492 e. The lowest BCUT2D eigenvalue weighted by Gasteiger charge is -2.38. The van der Waals surface area contributed by atoms with Gasteiger partial charge in [-0.15, -0.1) is 0 Å². The number of hydrogen-bond donors (Lipinski definition) is 2. The summed E-state index contributed by atoms with van der Waals surface area (Å²) < 4.78 is 5.53. The summed E-state index contributed by atoms with van der Waals surface area (Å²) >= 11 is 0. The number of nitrogens with zero attached hydrogens (tertiary/aromatic N) is 1. The molecular formula is C15H23N3O2. The first-order valence-electron chi connectivity index (χ1n) is 7.11. The standard InChI is InChI=1S/C15H23N3O2/c1-3-20-14-8-12(6-7-13(14)16)18-9-11(15(17)19)5-4-10(18)2/h6-8,10-11H,3-5,9,16H2,1-2H3,(H2,17,19). The van der Waals surface area contributed by atoms with Gasteiger partial charge < -0.3 is 21.1 Å². The maximum Gasteiger partial charge on any atom is 0.222 e. The molecule has 0 spiro atoms. The Morgan fingerprint density at radius 3 is 2.85 bits per heavy atom. The summed E-state index contributed by atoms with van der Waals surface area (Å²) in [5.74, 6) is 0.389. The van der Waals surface area contributed by atoms with Gasteiger partial charge in [-0.3, -0.25) is 4.79 Å². The Bertz CT molecular complexity index is 490. The fourth-order valence-corrected chi connectivity index (χ4v) is 2.68. The highest BCUT2D eigenvalue weighted by Gasteiger charge is 2.29. The van der Waals surface area contributed by atoms with E-state index >= 15 is 0 Å². The number of rotatable bonds is 4. The number of hydrogen-bond acceptors (Lipinski definition) is 4. The van der Waals surface area contributed by atoms with Crippen molar-refractivity contribution in [2.45, 2.75) is 32.7 Å². The second-order valence-corrected chi connectivity index (χ2v) is 5.33. The number of anilines is 2. The van der Waals surface area contributed by atoms with Gasteiger partial charge in [-0.1, -0.05) is 0 Å². The highest BCUT2D eigenvalue weighted by atomic mass is 16.5. The van der Waals surface area contributed by atoms with Gasteiger partial charge in [-0.05, 0) is 38.8 Å². The molecule has 1 heterocycles. The lowest BCUT2D eigenvalue weighted by Crippen LogP contribution is -2.45. The molecular weight excluding hydrogens is 254 g/mol. The third-order valence-electron chi connectivity index (χ3n) is 3.91. The summed E-state index contributed by atoms with van der Waals surface area (Å²) in [5.41, 5.74) is 13.0. The van der Waals surface area contributed by atoms with Gasteiger partial charge in [-0.2, -0.15) is 0 Å². The minimum atomic E-state index is -0.220. The van der Waals surface area contributed by atoms with Crippen LogP contribution in [0.1, 0.15) is 26.7 Å². The van der Waals surface area contributed by atoms with Crippen molar-refractivity contribution in [1.29, 1.82) is 0 Å². The number of piperidine rings is 1. The van der Waals surface area contributed by atoms with Crippen molar-refractivity contribution in [3.8, 4) is 5.75 Å². The first kappa shape index (κ1) is 14.5. The van der Waals surface area contributed by atoms with Crippen LogP contribution in [0.25, 0.3) is 0 Å². The van der Waals surface area contributed by atoms with E-state index in [-0.39, 0.29) is 11.8 Å². The second-order valence-electron chi connectivity index (χ2n) is 5.33. The number of carbonyl (C=O) groups excluding carboxylic acids is 1. The molecule has 0 aromatic heterocycles. The van der Waals surface area contributed by atoms with Gasteiger partial charge >= 0.3 is 0 Å². The number of nitrogens with two attached hydrogens (primary N) is 2. The van der Waals surface area contributed by atoms with Crippen molar-refractivity contribution >= 4 is 17.3 Å². The van der Waals surface area contributed by atoms with E-state index in [4.69, 9.17) is 16.2 Å². The van der Waals surface area contributed by atoms with Crippen LogP contribution in [0.5, 0.6) is 5.75 Å². The summed E-state index contributed by atoms with van der Waals surface area (Å²) in [7, 11) is 0. The number of carbonyl (C=O) groups is 1. The average molecular weight is 277 g/mol. The van der Waals surface area contributed by atoms with E-state index in [0.29, 0.717) is 30.6 Å². The van der Waals surface area contributed by atoms with Gasteiger partial charge in [0.2, 0.25) is 5.91 Å². The molecule has 0 bridgehead atoms. The van der Waals surface area contributed by atoms with E-state index in [1.165, 1.54) is 0 Å². The van der Waals surface area contributed by atoms with E-state index < -0.39 is 0 Å². The predicted molar refractivity (Wildman–Crippen MR) is 80.7 cm³/mol. The third-order valence-corrected chi connectivity index (χ3v) is 3.91. The van der Waals surface area contributed by atoms with Crippen LogP contribution >= 0.6 is 0 Å². The molecule has 1 aromatic carbocycles. The molecule has 5 nitrogen and oxygen atoms in total. The number of nitrogen functional groups attached to an aromatic ring is 1. The monoisotopic (exact) mass is 277 g/mol. The van der Waals surface area contributed by atoms with Crippen molar-refractivity contribution in [3.63, 3.8) is 0 Å². The van der Waals surface area contributed by atoms with Crippen molar-refractivity contribution in [3.05, 3.63) is 18.2 Å². The van der Waals surface area contributed by atoms with E-state index in [1.807, 2.05) is 25.1 Å². The maximum absolute atomic E-state index is 11.4. The molecule has 1 saturated heterocycles. The Balaban J connectivity index is 2.24. The smallest absolute Gasteiger partial charge is 0.222 e. The van der Waals surface area contributed by atoms with Crippen molar-refractivity contribution in [1.82, 2.24) is 0 Å². The van der Waals surface area contributed by atoms with E-state index in [2.05, 4.69) is 11.8 Å². The Hall–Kier alpha value is -1.91. The highest BCUT2D eigenvalue weighted by molar-refractivity contribution is 5.78. The van der Waals surface area contributed by atoms with Crippen molar-refractivity contribution in [2.24, 2.45) is 11.7 Å². The quantitative estimate of drug-likeness (QED) is 0.822. The molecule has 2 atom stereocenters.